The second kappa shape index (κ2) is 5.68. The number of nitrogens with one attached hydrogen (secondary N) is 1. The van der Waals surface area contributed by atoms with Crippen LogP contribution >= 0.6 is 0 Å². The minimum absolute atomic E-state index is 0.211. The van der Waals surface area contributed by atoms with E-state index in [1.54, 1.807) is 20.0 Å². The zero-order chi connectivity index (χ0) is 11.3. The van der Waals surface area contributed by atoms with E-state index in [-0.39, 0.29) is 12.4 Å². The van der Waals surface area contributed by atoms with E-state index in [2.05, 4.69) is 5.32 Å². The summed E-state index contributed by atoms with van der Waals surface area (Å²) in [6.07, 6.45) is -0.530. The molecule has 84 valence electrons. The second-order valence-corrected chi connectivity index (χ2v) is 3.44. The molecule has 1 atom stereocenters. The Morgan fingerprint density at radius 2 is 2.27 bits per heavy atom. The number of hydrogen-bond acceptors (Lipinski definition) is 3. The van der Waals surface area contributed by atoms with E-state index in [0.717, 1.165) is 5.56 Å². The molecule has 4 heteroatoms. The van der Waals surface area contributed by atoms with E-state index < -0.39 is 6.10 Å². The molecule has 1 unspecified atom stereocenters. The first kappa shape index (κ1) is 11.9. The Morgan fingerprint density at radius 3 is 2.87 bits per heavy atom. The number of rotatable bonds is 5. The van der Waals surface area contributed by atoms with Crippen molar-refractivity contribution in [2.75, 3.05) is 13.7 Å². The van der Waals surface area contributed by atoms with E-state index >= 15 is 0 Å². The highest BCUT2D eigenvalue weighted by atomic mass is 19.1. The third-order valence-corrected chi connectivity index (χ3v) is 1.87. The highest BCUT2D eigenvalue weighted by Gasteiger charge is 2.05. The van der Waals surface area contributed by atoms with E-state index in [1.165, 1.54) is 12.1 Å². The lowest BCUT2D eigenvalue weighted by Crippen LogP contribution is -2.15. The Balaban J connectivity index is 2.76. The topological polar surface area (TPSA) is 41.5 Å². The fourth-order valence-corrected chi connectivity index (χ4v) is 1.23. The van der Waals surface area contributed by atoms with Crippen LogP contribution in [0.5, 0.6) is 5.75 Å². The average Bonchev–Trinajstić information content (AvgIpc) is 2.17. The smallest absolute Gasteiger partial charge is 0.124 e. The van der Waals surface area contributed by atoms with Crippen LogP contribution in [0.25, 0.3) is 0 Å². The third kappa shape index (κ3) is 3.85. The van der Waals surface area contributed by atoms with Crippen molar-refractivity contribution in [3.63, 3.8) is 0 Å². The summed E-state index contributed by atoms with van der Waals surface area (Å²) in [6, 6.07) is 4.34. The van der Waals surface area contributed by atoms with Gasteiger partial charge in [-0.3, -0.25) is 0 Å². The molecule has 0 amide bonds. The van der Waals surface area contributed by atoms with Crippen molar-refractivity contribution in [1.29, 1.82) is 0 Å². The lowest BCUT2D eigenvalue weighted by molar-refractivity contribution is 0.122. The van der Waals surface area contributed by atoms with Crippen LogP contribution in [0.2, 0.25) is 0 Å². The third-order valence-electron chi connectivity index (χ3n) is 1.87. The molecule has 3 nitrogen and oxygen atoms in total. The zero-order valence-corrected chi connectivity index (χ0v) is 8.96. The molecular formula is C11H16FNO2. The molecular weight excluding hydrogens is 197 g/mol. The van der Waals surface area contributed by atoms with Crippen LogP contribution < -0.4 is 10.1 Å². The summed E-state index contributed by atoms with van der Waals surface area (Å²) in [6.45, 7) is 2.39. The quantitative estimate of drug-likeness (QED) is 0.774. The molecule has 0 heterocycles. The number of ether oxygens (including phenoxy) is 1. The van der Waals surface area contributed by atoms with Gasteiger partial charge in [0.1, 0.15) is 18.2 Å². The molecule has 0 aliphatic rings. The fourth-order valence-electron chi connectivity index (χ4n) is 1.23. The standard InChI is InChI=1S/C11H16FNO2/c1-8(14)7-15-11-4-3-10(12)5-9(11)6-13-2/h3-5,8,13-14H,6-7H2,1-2H3. The predicted molar refractivity (Wildman–Crippen MR) is 56.3 cm³/mol. The van der Waals surface area contributed by atoms with E-state index in [0.29, 0.717) is 12.3 Å². The molecule has 1 aromatic rings. The minimum Gasteiger partial charge on any atom is -0.491 e. The van der Waals surface area contributed by atoms with Gasteiger partial charge in [0.2, 0.25) is 0 Å². The van der Waals surface area contributed by atoms with E-state index in [9.17, 15) is 4.39 Å². The van der Waals surface area contributed by atoms with Crippen LogP contribution in [0.15, 0.2) is 18.2 Å². The first-order valence-corrected chi connectivity index (χ1v) is 4.87. The molecule has 0 saturated heterocycles. The Bertz CT molecular complexity index is 315. The van der Waals surface area contributed by atoms with Crippen molar-refractivity contribution in [3.8, 4) is 5.75 Å². The van der Waals surface area contributed by atoms with Crippen molar-refractivity contribution in [2.45, 2.75) is 19.6 Å². The summed E-state index contributed by atoms with van der Waals surface area (Å²) < 4.78 is 18.3. The van der Waals surface area contributed by atoms with Crippen molar-refractivity contribution < 1.29 is 14.2 Å². The maximum Gasteiger partial charge on any atom is 0.124 e. The van der Waals surface area contributed by atoms with Crippen LogP contribution in [0, 0.1) is 5.82 Å². The van der Waals surface area contributed by atoms with Crippen molar-refractivity contribution in [3.05, 3.63) is 29.6 Å². The monoisotopic (exact) mass is 213 g/mol. The lowest BCUT2D eigenvalue weighted by Gasteiger charge is -2.12. The molecule has 0 spiro atoms. The maximum atomic E-state index is 12.9. The highest BCUT2D eigenvalue weighted by molar-refractivity contribution is 5.33. The number of aliphatic hydroxyl groups is 1. The van der Waals surface area contributed by atoms with E-state index in [4.69, 9.17) is 9.84 Å². The maximum absolute atomic E-state index is 12.9. The number of hydrogen-bond donors (Lipinski definition) is 2. The molecule has 1 aromatic carbocycles. The second-order valence-electron chi connectivity index (χ2n) is 3.44. The first-order chi connectivity index (χ1) is 7.13. The molecule has 15 heavy (non-hydrogen) atoms. The normalized spacial score (nSPS) is 12.5. The van der Waals surface area contributed by atoms with E-state index in [1.807, 2.05) is 0 Å². The van der Waals surface area contributed by atoms with Crippen LogP contribution in [-0.4, -0.2) is 24.9 Å². The molecule has 0 radical (unpaired) electrons. The summed E-state index contributed by atoms with van der Waals surface area (Å²) in [4.78, 5) is 0. The van der Waals surface area contributed by atoms with Crippen molar-refractivity contribution >= 4 is 0 Å². The van der Waals surface area contributed by atoms with Gasteiger partial charge >= 0.3 is 0 Å². The van der Waals surface area contributed by atoms with Gasteiger partial charge in [-0.05, 0) is 32.2 Å². The zero-order valence-electron chi connectivity index (χ0n) is 8.96. The summed E-state index contributed by atoms with van der Waals surface area (Å²) in [7, 11) is 1.78. The minimum atomic E-state index is -0.530. The van der Waals surface area contributed by atoms with Crippen LogP contribution in [-0.2, 0) is 6.54 Å². The Morgan fingerprint density at radius 1 is 1.53 bits per heavy atom. The first-order valence-electron chi connectivity index (χ1n) is 4.87. The molecule has 1 rings (SSSR count). The van der Waals surface area contributed by atoms with Crippen LogP contribution in [0.4, 0.5) is 4.39 Å². The lowest BCUT2D eigenvalue weighted by atomic mass is 10.2. The highest BCUT2D eigenvalue weighted by Crippen LogP contribution is 2.19. The van der Waals surface area contributed by atoms with Crippen LogP contribution in [0.1, 0.15) is 12.5 Å². The summed E-state index contributed by atoms with van der Waals surface area (Å²) >= 11 is 0. The van der Waals surface area contributed by atoms with Gasteiger partial charge < -0.3 is 15.2 Å². The van der Waals surface area contributed by atoms with Gasteiger partial charge in [-0.25, -0.2) is 4.39 Å². The molecule has 0 aliphatic carbocycles. The average molecular weight is 213 g/mol. The Labute approximate surface area is 88.9 Å². The molecule has 0 bridgehead atoms. The molecule has 0 saturated carbocycles. The predicted octanol–water partition coefficient (Wildman–Crippen LogP) is 1.30. The molecule has 0 aliphatic heterocycles. The van der Waals surface area contributed by atoms with Crippen molar-refractivity contribution in [2.24, 2.45) is 0 Å². The van der Waals surface area contributed by atoms with Crippen molar-refractivity contribution in [1.82, 2.24) is 5.32 Å². The van der Waals surface area contributed by atoms with Gasteiger partial charge in [0.05, 0.1) is 6.10 Å². The number of benzene rings is 1. The Hall–Kier alpha value is -1.13. The van der Waals surface area contributed by atoms with Gasteiger partial charge in [-0.15, -0.1) is 0 Å². The summed E-state index contributed by atoms with van der Waals surface area (Å²) in [5.74, 6) is 0.316. The summed E-state index contributed by atoms with van der Waals surface area (Å²) in [5, 5.41) is 12.0. The van der Waals surface area contributed by atoms with Gasteiger partial charge in [-0.1, -0.05) is 0 Å². The van der Waals surface area contributed by atoms with Gasteiger partial charge in [0.15, 0.2) is 0 Å². The summed E-state index contributed by atoms with van der Waals surface area (Å²) in [5.41, 5.74) is 0.748. The van der Waals surface area contributed by atoms with Crippen LogP contribution in [0.3, 0.4) is 0 Å². The van der Waals surface area contributed by atoms with Gasteiger partial charge in [0.25, 0.3) is 0 Å². The van der Waals surface area contributed by atoms with Gasteiger partial charge in [0, 0.05) is 12.1 Å². The SMILES string of the molecule is CNCc1cc(F)ccc1OCC(C)O. The molecule has 2 N–H and O–H groups in total. The fraction of sp³-hybridized carbons (Fsp3) is 0.455. The molecule has 0 aromatic heterocycles. The Kier molecular flexibility index (Phi) is 4.52. The largest absolute Gasteiger partial charge is 0.491 e. The number of halogens is 1. The molecule has 0 fully saturated rings. The number of aliphatic hydroxyl groups excluding tert-OH is 1. The van der Waals surface area contributed by atoms with Gasteiger partial charge in [-0.2, -0.15) is 0 Å².